The normalized spacial score (nSPS) is 10.7. The van der Waals surface area contributed by atoms with Gasteiger partial charge in [0, 0.05) is 31.5 Å². The van der Waals surface area contributed by atoms with E-state index in [1.807, 2.05) is 29.1 Å². The number of nitrogens with one attached hydrogen (secondary N) is 1. The van der Waals surface area contributed by atoms with Gasteiger partial charge in [-0.25, -0.2) is 0 Å². The van der Waals surface area contributed by atoms with Crippen molar-refractivity contribution in [3.8, 4) is 0 Å². The van der Waals surface area contributed by atoms with E-state index in [1.165, 1.54) is 11.6 Å². The van der Waals surface area contributed by atoms with Crippen LogP contribution in [0.1, 0.15) is 18.1 Å². The number of benzene rings is 1. The number of nitro groups is 1. The van der Waals surface area contributed by atoms with E-state index in [0.717, 1.165) is 18.7 Å². The minimum absolute atomic E-state index is 0.0996. The number of nitrogens with zero attached hydrogens (tertiary/aromatic N) is 2. The third kappa shape index (κ3) is 3.46. The first-order valence-electron chi connectivity index (χ1n) is 6.39. The van der Waals surface area contributed by atoms with Crippen molar-refractivity contribution in [1.29, 1.82) is 0 Å². The second-order valence-corrected chi connectivity index (χ2v) is 5.27. The molecule has 1 aromatic carbocycles. The molecular weight excluding hydrogens is 322 g/mol. The van der Waals surface area contributed by atoms with Gasteiger partial charge in [0.2, 0.25) is 0 Å². The average molecular weight is 338 g/mol. The van der Waals surface area contributed by atoms with Crippen LogP contribution >= 0.6 is 15.9 Å². The fourth-order valence-electron chi connectivity index (χ4n) is 1.99. The second-order valence-electron chi connectivity index (χ2n) is 4.48. The number of rotatable bonds is 6. The fraction of sp³-hybridized carbons (Fsp3) is 0.286. The molecule has 0 saturated heterocycles. The van der Waals surface area contributed by atoms with Gasteiger partial charge in [0.15, 0.2) is 0 Å². The molecule has 2 rings (SSSR count). The molecule has 5 nitrogen and oxygen atoms in total. The monoisotopic (exact) mass is 337 g/mol. The Hall–Kier alpha value is -1.66. The third-order valence-electron chi connectivity index (χ3n) is 3.00. The van der Waals surface area contributed by atoms with Crippen LogP contribution in [0.3, 0.4) is 0 Å². The van der Waals surface area contributed by atoms with Crippen molar-refractivity contribution in [2.24, 2.45) is 0 Å². The van der Waals surface area contributed by atoms with Crippen LogP contribution in [-0.2, 0) is 13.1 Å². The molecule has 0 spiro atoms. The van der Waals surface area contributed by atoms with E-state index in [-0.39, 0.29) is 10.6 Å². The summed E-state index contributed by atoms with van der Waals surface area (Å²) >= 11 is 3.32. The molecule has 0 saturated carbocycles. The summed E-state index contributed by atoms with van der Waals surface area (Å²) in [4.78, 5) is 10.5. The smallest absolute Gasteiger partial charge is 0.283 e. The highest BCUT2D eigenvalue weighted by atomic mass is 79.9. The van der Waals surface area contributed by atoms with Crippen molar-refractivity contribution in [3.05, 3.63) is 62.4 Å². The molecule has 1 N–H and O–H groups in total. The SMILES string of the molecule is CCNCc1ccn(Cc2cccc([N+](=O)[O-])c2Br)c1. The van der Waals surface area contributed by atoms with Crippen molar-refractivity contribution in [2.75, 3.05) is 6.54 Å². The maximum atomic E-state index is 10.9. The van der Waals surface area contributed by atoms with Crippen molar-refractivity contribution in [3.63, 3.8) is 0 Å². The van der Waals surface area contributed by atoms with E-state index in [0.29, 0.717) is 11.0 Å². The molecule has 6 heteroatoms. The molecule has 2 aromatic rings. The standard InChI is InChI=1S/C14H16BrN3O2/c1-2-16-8-11-6-7-17(9-11)10-12-4-3-5-13(14(12)15)18(19)20/h3-7,9,16H,2,8,10H2,1H3. The van der Waals surface area contributed by atoms with Gasteiger partial charge < -0.3 is 9.88 Å². The van der Waals surface area contributed by atoms with Gasteiger partial charge in [0.05, 0.1) is 4.92 Å². The summed E-state index contributed by atoms with van der Waals surface area (Å²) < 4.78 is 2.57. The molecule has 0 fully saturated rings. The molecule has 0 aliphatic rings. The molecule has 0 aliphatic carbocycles. The van der Waals surface area contributed by atoms with Gasteiger partial charge in [-0.15, -0.1) is 0 Å². The Morgan fingerprint density at radius 3 is 2.90 bits per heavy atom. The zero-order chi connectivity index (χ0) is 14.5. The zero-order valence-electron chi connectivity index (χ0n) is 11.2. The van der Waals surface area contributed by atoms with Gasteiger partial charge in [0.25, 0.3) is 5.69 Å². The molecule has 0 unspecified atom stereocenters. The summed E-state index contributed by atoms with van der Waals surface area (Å²) in [5, 5.41) is 14.2. The van der Waals surface area contributed by atoms with Gasteiger partial charge >= 0.3 is 0 Å². The Balaban J connectivity index is 2.16. The Kier molecular flexibility index (Phi) is 4.92. The summed E-state index contributed by atoms with van der Waals surface area (Å²) in [6.07, 6.45) is 4.03. The lowest BCUT2D eigenvalue weighted by Gasteiger charge is -2.06. The van der Waals surface area contributed by atoms with E-state index in [4.69, 9.17) is 0 Å². The summed E-state index contributed by atoms with van der Waals surface area (Å²) in [6.45, 7) is 4.44. The van der Waals surface area contributed by atoms with E-state index in [2.05, 4.69) is 28.2 Å². The van der Waals surface area contributed by atoms with Gasteiger partial charge in [0.1, 0.15) is 4.47 Å². The molecule has 1 heterocycles. The molecule has 1 aromatic heterocycles. The Bertz CT molecular complexity index is 610. The highest BCUT2D eigenvalue weighted by Gasteiger charge is 2.14. The lowest BCUT2D eigenvalue weighted by Crippen LogP contribution is -2.11. The van der Waals surface area contributed by atoms with Crippen molar-refractivity contribution in [1.82, 2.24) is 9.88 Å². The molecule has 0 amide bonds. The average Bonchev–Trinajstić information content (AvgIpc) is 2.86. The van der Waals surface area contributed by atoms with Crippen LogP contribution in [0.25, 0.3) is 0 Å². The van der Waals surface area contributed by atoms with Crippen molar-refractivity contribution in [2.45, 2.75) is 20.0 Å². The highest BCUT2D eigenvalue weighted by Crippen LogP contribution is 2.28. The summed E-state index contributed by atoms with van der Waals surface area (Å²) in [6, 6.07) is 7.15. The number of hydrogen-bond donors (Lipinski definition) is 1. The first-order chi connectivity index (χ1) is 9.61. The predicted molar refractivity (Wildman–Crippen MR) is 81.7 cm³/mol. The molecular formula is C14H16BrN3O2. The van der Waals surface area contributed by atoms with Crippen LogP contribution in [0.2, 0.25) is 0 Å². The van der Waals surface area contributed by atoms with Crippen LogP contribution < -0.4 is 5.32 Å². The predicted octanol–water partition coefficient (Wildman–Crippen LogP) is 3.32. The van der Waals surface area contributed by atoms with Crippen LogP contribution in [0, 0.1) is 10.1 Å². The van der Waals surface area contributed by atoms with Crippen LogP contribution in [-0.4, -0.2) is 16.0 Å². The van der Waals surface area contributed by atoms with Gasteiger partial charge in [-0.05, 0) is 39.7 Å². The first-order valence-corrected chi connectivity index (χ1v) is 7.18. The van der Waals surface area contributed by atoms with E-state index in [1.54, 1.807) is 6.07 Å². The summed E-state index contributed by atoms with van der Waals surface area (Å²) in [5.74, 6) is 0. The lowest BCUT2D eigenvalue weighted by atomic mass is 10.2. The van der Waals surface area contributed by atoms with Crippen molar-refractivity contribution < 1.29 is 4.92 Å². The fourth-order valence-corrected chi connectivity index (χ4v) is 2.52. The van der Waals surface area contributed by atoms with E-state index >= 15 is 0 Å². The maximum absolute atomic E-state index is 10.9. The summed E-state index contributed by atoms with van der Waals surface area (Å²) in [7, 11) is 0. The van der Waals surface area contributed by atoms with E-state index in [9.17, 15) is 10.1 Å². The third-order valence-corrected chi connectivity index (χ3v) is 3.91. The second kappa shape index (κ2) is 6.67. The molecule has 0 atom stereocenters. The highest BCUT2D eigenvalue weighted by molar-refractivity contribution is 9.10. The number of halogens is 1. The zero-order valence-corrected chi connectivity index (χ0v) is 12.8. The molecule has 20 heavy (non-hydrogen) atoms. The van der Waals surface area contributed by atoms with Crippen LogP contribution in [0.5, 0.6) is 0 Å². The van der Waals surface area contributed by atoms with Gasteiger partial charge in [-0.3, -0.25) is 10.1 Å². The van der Waals surface area contributed by atoms with Crippen molar-refractivity contribution >= 4 is 21.6 Å². The summed E-state index contributed by atoms with van der Waals surface area (Å²) in [5.41, 5.74) is 2.20. The van der Waals surface area contributed by atoms with Gasteiger partial charge in [-0.2, -0.15) is 0 Å². The Morgan fingerprint density at radius 1 is 1.40 bits per heavy atom. The first kappa shape index (κ1) is 14.7. The topological polar surface area (TPSA) is 60.1 Å². The van der Waals surface area contributed by atoms with Crippen LogP contribution in [0.4, 0.5) is 5.69 Å². The minimum atomic E-state index is -0.375. The lowest BCUT2D eigenvalue weighted by molar-refractivity contribution is -0.385. The largest absolute Gasteiger partial charge is 0.350 e. The number of hydrogen-bond acceptors (Lipinski definition) is 3. The Labute approximate surface area is 125 Å². The molecule has 0 aliphatic heterocycles. The molecule has 0 bridgehead atoms. The van der Waals surface area contributed by atoms with Crippen LogP contribution in [0.15, 0.2) is 41.1 Å². The number of aromatic nitrogens is 1. The molecule has 0 radical (unpaired) electrons. The van der Waals surface area contributed by atoms with E-state index < -0.39 is 0 Å². The number of nitro benzene ring substituents is 1. The van der Waals surface area contributed by atoms with Gasteiger partial charge in [-0.1, -0.05) is 19.1 Å². The quantitative estimate of drug-likeness (QED) is 0.649. The molecule has 106 valence electrons. The maximum Gasteiger partial charge on any atom is 0.283 e. The Morgan fingerprint density at radius 2 is 2.20 bits per heavy atom. The minimum Gasteiger partial charge on any atom is -0.350 e.